The van der Waals surface area contributed by atoms with Gasteiger partial charge in [-0.15, -0.1) is 0 Å². The highest BCUT2D eigenvalue weighted by molar-refractivity contribution is 5.92. The van der Waals surface area contributed by atoms with Crippen molar-refractivity contribution in [3.8, 4) is 5.75 Å². The Labute approximate surface area is 186 Å². The number of aliphatic hydroxyl groups is 7. The molecule has 2 aliphatic heterocycles. The number of nitrogens with one attached hydrogen (secondary N) is 1. The molecule has 14 heteroatoms. The molecule has 0 spiro atoms. The van der Waals surface area contributed by atoms with Crippen molar-refractivity contribution in [3.05, 3.63) is 23.8 Å². The first-order valence-corrected chi connectivity index (χ1v) is 9.96. The second kappa shape index (κ2) is 10.0. The van der Waals surface area contributed by atoms with E-state index in [1.807, 2.05) is 0 Å². The van der Waals surface area contributed by atoms with Gasteiger partial charge in [0.25, 0.3) is 0 Å². The van der Waals surface area contributed by atoms with Crippen LogP contribution < -0.4 is 5.32 Å². The van der Waals surface area contributed by atoms with Gasteiger partial charge in [0.05, 0.1) is 19.8 Å². The van der Waals surface area contributed by atoms with E-state index in [9.17, 15) is 50.8 Å². The molecule has 2 heterocycles. The number of ether oxygens (including phenoxy) is 3. The number of carboxylic acid groups (broad SMARTS) is 1. The van der Waals surface area contributed by atoms with E-state index >= 15 is 0 Å². The molecule has 0 radical (unpaired) electrons. The Balaban J connectivity index is 1.84. The number of rotatable bonds is 8. The maximum absolute atomic E-state index is 11.3. The van der Waals surface area contributed by atoms with Crippen LogP contribution in [-0.4, -0.2) is 126 Å². The van der Waals surface area contributed by atoms with Gasteiger partial charge in [-0.1, -0.05) is 0 Å². The van der Waals surface area contributed by atoms with Crippen LogP contribution >= 0.6 is 0 Å². The first-order valence-electron chi connectivity index (χ1n) is 9.96. The average molecular weight is 477 g/mol. The number of anilines is 1. The minimum Gasteiger partial charge on any atom is -0.507 e. The first-order chi connectivity index (χ1) is 15.6. The van der Waals surface area contributed by atoms with Crippen molar-refractivity contribution in [3.63, 3.8) is 0 Å². The minimum absolute atomic E-state index is 0.0310. The molecule has 1 aromatic carbocycles. The molecule has 2 saturated heterocycles. The topological polar surface area (TPSA) is 239 Å². The van der Waals surface area contributed by atoms with Crippen LogP contribution in [-0.2, 0) is 14.2 Å². The number of hydrogen-bond donors (Lipinski definition) is 10. The Morgan fingerprint density at radius 2 is 1.70 bits per heavy atom. The highest BCUT2D eigenvalue weighted by atomic mass is 16.7. The number of carboxylic acids is 1. The molecule has 0 aromatic heterocycles. The predicted molar refractivity (Wildman–Crippen MR) is 105 cm³/mol. The number of aliphatic hydroxyl groups excluding tert-OH is 7. The lowest BCUT2D eigenvalue weighted by molar-refractivity contribution is -0.318. The number of carbonyl (C=O) groups is 1. The van der Waals surface area contributed by atoms with Gasteiger partial charge in [-0.25, -0.2) is 4.79 Å². The third-order valence-electron chi connectivity index (χ3n) is 5.65. The SMILES string of the molecule is O=C(O)c1cc(NC2(CO)O[C@H](CO)C(O[C@@H]3OC(CO)[C@H](O)[C@@H](O)C3O)[C@H]2O)ccc1O. The molecule has 4 unspecified atom stereocenters. The summed E-state index contributed by atoms with van der Waals surface area (Å²) in [6.07, 6.45) is -12.6. The quantitative estimate of drug-likeness (QED) is 0.161. The van der Waals surface area contributed by atoms with Crippen LogP contribution in [0.3, 0.4) is 0 Å². The fraction of sp³-hybridized carbons (Fsp3) is 0.632. The Kier molecular flexibility index (Phi) is 7.75. The summed E-state index contributed by atoms with van der Waals surface area (Å²) in [5, 5.41) is 91.4. The van der Waals surface area contributed by atoms with Crippen LogP contribution in [0, 0.1) is 0 Å². The van der Waals surface area contributed by atoms with Crippen molar-refractivity contribution in [2.75, 3.05) is 25.1 Å². The smallest absolute Gasteiger partial charge is 0.339 e. The summed E-state index contributed by atoms with van der Waals surface area (Å²) in [5.41, 5.74) is -2.45. The van der Waals surface area contributed by atoms with Gasteiger partial charge in [0.15, 0.2) is 12.0 Å². The largest absolute Gasteiger partial charge is 0.507 e. The van der Waals surface area contributed by atoms with Gasteiger partial charge in [-0.2, -0.15) is 0 Å². The predicted octanol–water partition coefficient (Wildman–Crippen LogP) is -3.87. The van der Waals surface area contributed by atoms with E-state index in [2.05, 4.69) is 5.32 Å². The summed E-state index contributed by atoms with van der Waals surface area (Å²) in [5.74, 6) is -1.95. The van der Waals surface area contributed by atoms with E-state index < -0.39 is 91.8 Å². The van der Waals surface area contributed by atoms with Gasteiger partial charge < -0.3 is 65.5 Å². The summed E-state index contributed by atoms with van der Waals surface area (Å²) in [6.45, 7) is -2.33. The Morgan fingerprint density at radius 1 is 1.03 bits per heavy atom. The molecule has 2 fully saturated rings. The summed E-state index contributed by atoms with van der Waals surface area (Å²) in [7, 11) is 0. The summed E-state index contributed by atoms with van der Waals surface area (Å²) >= 11 is 0. The Morgan fingerprint density at radius 3 is 2.27 bits per heavy atom. The lowest BCUT2D eigenvalue weighted by Gasteiger charge is -2.41. The van der Waals surface area contributed by atoms with E-state index in [0.29, 0.717) is 0 Å². The standard InChI is InChI=1S/C19H27NO13/c21-4-10-12(25)13(26)14(27)18(31-10)32-15-11(5-22)33-19(6-23,16(15)28)20-7-1-2-9(24)8(3-7)17(29)30/h1-3,10-16,18,20-28H,4-6H2,(H,29,30)/t10?,11-,12+,13-,14?,15?,16-,18+,19?/m1/s1. The van der Waals surface area contributed by atoms with E-state index in [-0.39, 0.29) is 5.69 Å². The molecule has 33 heavy (non-hydrogen) atoms. The van der Waals surface area contributed by atoms with Crippen molar-refractivity contribution >= 4 is 11.7 Å². The van der Waals surface area contributed by atoms with Crippen molar-refractivity contribution in [1.29, 1.82) is 0 Å². The second-order valence-corrected chi connectivity index (χ2v) is 7.79. The van der Waals surface area contributed by atoms with Gasteiger partial charge in [0.1, 0.15) is 54.0 Å². The number of hydrogen-bond acceptors (Lipinski definition) is 13. The Hall–Kier alpha value is -2.11. The van der Waals surface area contributed by atoms with Crippen molar-refractivity contribution in [2.45, 2.75) is 54.7 Å². The second-order valence-electron chi connectivity index (χ2n) is 7.79. The molecule has 14 nitrogen and oxygen atoms in total. The number of aromatic hydroxyl groups is 1. The van der Waals surface area contributed by atoms with Crippen LogP contribution in [0.4, 0.5) is 5.69 Å². The van der Waals surface area contributed by atoms with Gasteiger partial charge in [-0.3, -0.25) is 0 Å². The maximum atomic E-state index is 11.3. The van der Waals surface area contributed by atoms with E-state index in [4.69, 9.17) is 14.2 Å². The molecule has 186 valence electrons. The van der Waals surface area contributed by atoms with Gasteiger partial charge in [-0.05, 0) is 18.2 Å². The molecule has 9 atom stereocenters. The highest BCUT2D eigenvalue weighted by Gasteiger charge is 2.57. The molecule has 0 amide bonds. The lowest BCUT2D eigenvalue weighted by Crippen LogP contribution is -2.61. The molecular weight excluding hydrogens is 450 g/mol. The normalized spacial score (nSPS) is 38.9. The lowest BCUT2D eigenvalue weighted by atomic mass is 9.98. The zero-order chi connectivity index (χ0) is 24.5. The zero-order valence-corrected chi connectivity index (χ0v) is 17.1. The third-order valence-corrected chi connectivity index (χ3v) is 5.65. The zero-order valence-electron chi connectivity index (χ0n) is 17.1. The maximum Gasteiger partial charge on any atom is 0.339 e. The van der Waals surface area contributed by atoms with Crippen LogP contribution in [0.25, 0.3) is 0 Å². The van der Waals surface area contributed by atoms with Crippen LogP contribution in [0.5, 0.6) is 5.75 Å². The average Bonchev–Trinajstić information content (AvgIpc) is 3.06. The molecule has 1 aromatic rings. The molecule has 0 aliphatic carbocycles. The molecule has 0 bridgehead atoms. The fourth-order valence-corrected chi connectivity index (χ4v) is 3.82. The first kappa shape index (κ1) is 25.5. The monoisotopic (exact) mass is 477 g/mol. The van der Waals surface area contributed by atoms with E-state index in [0.717, 1.165) is 12.1 Å². The van der Waals surface area contributed by atoms with Gasteiger partial charge >= 0.3 is 5.97 Å². The highest BCUT2D eigenvalue weighted by Crippen LogP contribution is 2.37. The van der Waals surface area contributed by atoms with Crippen molar-refractivity contribution in [2.24, 2.45) is 0 Å². The Bertz CT molecular complexity index is 838. The number of benzene rings is 1. The summed E-state index contributed by atoms with van der Waals surface area (Å²) in [4.78, 5) is 11.3. The fourth-order valence-electron chi connectivity index (χ4n) is 3.82. The van der Waals surface area contributed by atoms with Crippen LogP contribution in [0.1, 0.15) is 10.4 Å². The summed E-state index contributed by atoms with van der Waals surface area (Å²) in [6, 6.07) is 3.36. The van der Waals surface area contributed by atoms with Gasteiger partial charge in [0, 0.05) is 5.69 Å². The molecule has 10 N–H and O–H groups in total. The number of aromatic carboxylic acids is 1. The molecule has 2 aliphatic rings. The van der Waals surface area contributed by atoms with Crippen molar-refractivity contribution in [1.82, 2.24) is 0 Å². The van der Waals surface area contributed by atoms with Crippen LogP contribution in [0.2, 0.25) is 0 Å². The van der Waals surface area contributed by atoms with E-state index in [1.165, 1.54) is 6.07 Å². The third kappa shape index (κ3) is 4.76. The minimum atomic E-state index is -2.01. The number of phenols is 1. The van der Waals surface area contributed by atoms with Crippen molar-refractivity contribution < 1.29 is 65.0 Å². The van der Waals surface area contributed by atoms with Gasteiger partial charge in [0.2, 0.25) is 0 Å². The molecular formula is C19H27NO13. The molecule has 3 rings (SSSR count). The molecule has 0 saturated carbocycles. The van der Waals surface area contributed by atoms with E-state index in [1.54, 1.807) is 0 Å². The summed E-state index contributed by atoms with van der Waals surface area (Å²) < 4.78 is 16.4. The van der Waals surface area contributed by atoms with Crippen LogP contribution in [0.15, 0.2) is 18.2 Å².